The molecule has 40 heavy (non-hydrogen) atoms. The van der Waals surface area contributed by atoms with E-state index in [1.54, 1.807) is 0 Å². The second-order valence-electron chi connectivity index (χ2n) is 8.98. The first kappa shape index (κ1) is 29.5. The molecular weight excluding hydrogens is 526 g/mol. The molecule has 3 rings (SSSR count). The van der Waals surface area contributed by atoms with Gasteiger partial charge in [0.1, 0.15) is 18.1 Å². The van der Waals surface area contributed by atoms with Gasteiger partial charge in [0.2, 0.25) is 23.6 Å². The number of hydrogen-bond acceptors (Lipinski definition) is 9. The summed E-state index contributed by atoms with van der Waals surface area (Å²) in [5, 5.41) is 17.2. The van der Waals surface area contributed by atoms with Gasteiger partial charge < -0.3 is 47.5 Å². The zero-order chi connectivity index (χ0) is 29.1. The van der Waals surface area contributed by atoms with Crippen molar-refractivity contribution in [3.63, 3.8) is 0 Å². The highest BCUT2D eigenvalue weighted by atomic mass is 16.4. The number of aliphatic carboxylic acids is 1. The summed E-state index contributed by atoms with van der Waals surface area (Å²) in [6.07, 6.45) is 8.19. The second kappa shape index (κ2) is 14.2. The van der Waals surface area contributed by atoms with E-state index < -0.39 is 53.8 Å². The standard InChI is InChI=1S/C23H31N11O6/c24-15(1-2-19(25)35)20(36)32-16(3-12-6-26-9-29-12)21(37)33-17(4-13-7-27-10-30-13)22(38)34-18(23(39)40)5-14-8-28-11-31-14/h6-11,15-18H,1-5,24H2,(H2,25,35)(H,26,29)(H,27,30)(H,28,31)(H,32,36)(H,33,37)(H,34,38)(H,39,40). The quantitative estimate of drug-likeness (QED) is 0.0861. The van der Waals surface area contributed by atoms with Crippen molar-refractivity contribution in [3.05, 3.63) is 54.7 Å². The fourth-order valence-electron chi connectivity index (χ4n) is 3.72. The van der Waals surface area contributed by atoms with Crippen molar-refractivity contribution in [1.82, 2.24) is 45.9 Å². The first-order valence-corrected chi connectivity index (χ1v) is 12.2. The van der Waals surface area contributed by atoms with E-state index >= 15 is 0 Å². The van der Waals surface area contributed by atoms with E-state index in [2.05, 4.69) is 45.9 Å². The third-order valence-electron chi connectivity index (χ3n) is 5.86. The van der Waals surface area contributed by atoms with Crippen molar-refractivity contribution in [2.45, 2.75) is 56.3 Å². The average Bonchev–Trinajstić information content (AvgIpc) is 3.70. The molecule has 4 unspecified atom stereocenters. The fourth-order valence-corrected chi connectivity index (χ4v) is 3.72. The van der Waals surface area contributed by atoms with Crippen molar-refractivity contribution in [2.75, 3.05) is 0 Å². The Morgan fingerprint density at radius 2 is 1.12 bits per heavy atom. The molecule has 3 heterocycles. The van der Waals surface area contributed by atoms with Gasteiger partial charge in [0, 0.05) is 61.4 Å². The van der Waals surface area contributed by atoms with Gasteiger partial charge in [0.05, 0.1) is 25.0 Å². The van der Waals surface area contributed by atoms with Gasteiger partial charge in [-0.15, -0.1) is 0 Å². The van der Waals surface area contributed by atoms with Crippen LogP contribution in [0.15, 0.2) is 37.6 Å². The highest BCUT2D eigenvalue weighted by Crippen LogP contribution is 2.06. The number of amides is 4. The Kier molecular flexibility index (Phi) is 10.5. The summed E-state index contributed by atoms with van der Waals surface area (Å²) in [5.41, 5.74) is 12.5. The van der Waals surface area contributed by atoms with Gasteiger partial charge in [0.15, 0.2) is 0 Å². The van der Waals surface area contributed by atoms with Crippen molar-refractivity contribution in [2.24, 2.45) is 11.5 Å². The number of aromatic amines is 3. The number of carbonyl (C=O) groups excluding carboxylic acids is 4. The first-order chi connectivity index (χ1) is 19.1. The summed E-state index contributed by atoms with van der Waals surface area (Å²) >= 11 is 0. The molecule has 214 valence electrons. The maximum absolute atomic E-state index is 13.4. The molecule has 0 radical (unpaired) electrons. The van der Waals surface area contributed by atoms with Crippen LogP contribution >= 0.6 is 0 Å². The average molecular weight is 558 g/mol. The molecule has 0 bridgehead atoms. The number of imidazole rings is 3. The Labute approximate surface area is 227 Å². The van der Waals surface area contributed by atoms with Gasteiger partial charge in [-0.2, -0.15) is 0 Å². The first-order valence-electron chi connectivity index (χ1n) is 12.2. The monoisotopic (exact) mass is 557 g/mol. The van der Waals surface area contributed by atoms with E-state index in [1.165, 1.54) is 37.6 Å². The van der Waals surface area contributed by atoms with Crippen LogP contribution in [0.25, 0.3) is 0 Å². The number of carbonyl (C=O) groups is 5. The lowest BCUT2D eigenvalue weighted by Crippen LogP contribution is -2.58. The molecule has 17 nitrogen and oxygen atoms in total. The van der Waals surface area contributed by atoms with E-state index in [-0.39, 0.29) is 32.1 Å². The molecule has 0 aliphatic carbocycles. The largest absolute Gasteiger partial charge is 0.480 e. The molecule has 0 aliphatic rings. The minimum atomic E-state index is -1.32. The van der Waals surface area contributed by atoms with Crippen LogP contribution in [0.2, 0.25) is 0 Å². The summed E-state index contributed by atoms with van der Waals surface area (Å²) < 4.78 is 0. The number of nitrogens with zero attached hydrogens (tertiary/aromatic N) is 3. The van der Waals surface area contributed by atoms with Crippen LogP contribution in [0.1, 0.15) is 29.9 Å². The van der Waals surface area contributed by atoms with E-state index in [1.807, 2.05) is 0 Å². The number of nitrogens with one attached hydrogen (secondary N) is 6. The van der Waals surface area contributed by atoms with Crippen molar-refractivity contribution >= 4 is 29.6 Å². The Morgan fingerprint density at radius 3 is 1.50 bits per heavy atom. The second-order valence-corrected chi connectivity index (χ2v) is 8.98. The maximum atomic E-state index is 13.4. The number of primary amides is 1. The number of rotatable bonds is 16. The van der Waals surface area contributed by atoms with Crippen LogP contribution in [0.3, 0.4) is 0 Å². The van der Waals surface area contributed by atoms with Crippen LogP contribution in [0.5, 0.6) is 0 Å². The molecule has 0 fully saturated rings. The minimum Gasteiger partial charge on any atom is -0.480 e. The number of H-pyrrole nitrogens is 3. The molecule has 0 saturated heterocycles. The van der Waals surface area contributed by atoms with Crippen LogP contribution in [0, 0.1) is 0 Å². The van der Waals surface area contributed by atoms with Gasteiger partial charge >= 0.3 is 5.97 Å². The van der Waals surface area contributed by atoms with Crippen LogP contribution in [-0.4, -0.2) is 88.8 Å². The molecular formula is C23H31N11O6. The Bertz CT molecular complexity index is 1260. The minimum absolute atomic E-state index is 0.0304. The van der Waals surface area contributed by atoms with Crippen LogP contribution in [0.4, 0.5) is 0 Å². The number of carboxylic acid groups (broad SMARTS) is 1. The van der Waals surface area contributed by atoms with Crippen molar-refractivity contribution < 1.29 is 29.1 Å². The topological polar surface area (TPSA) is 280 Å². The zero-order valence-corrected chi connectivity index (χ0v) is 21.3. The fraction of sp³-hybridized carbons (Fsp3) is 0.391. The normalized spacial score (nSPS) is 13.9. The van der Waals surface area contributed by atoms with Gasteiger partial charge in [-0.25, -0.2) is 19.7 Å². The highest BCUT2D eigenvalue weighted by Gasteiger charge is 2.31. The molecule has 4 atom stereocenters. The predicted octanol–water partition coefficient (Wildman–Crippen LogP) is -2.98. The molecule has 11 N–H and O–H groups in total. The summed E-state index contributed by atoms with van der Waals surface area (Å²) in [6.45, 7) is 0. The molecule has 0 aliphatic heterocycles. The summed E-state index contributed by atoms with van der Waals surface area (Å²) in [7, 11) is 0. The molecule has 4 amide bonds. The predicted molar refractivity (Wildman–Crippen MR) is 137 cm³/mol. The van der Waals surface area contributed by atoms with Gasteiger partial charge in [0.25, 0.3) is 0 Å². The molecule has 3 aromatic heterocycles. The van der Waals surface area contributed by atoms with E-state index in [0.717, 1.165) is 0 Å². The number of nitrogens with two attached hydrogens (primary N) is 2. The number of carboxylic acids is 1. The summed E-state index contributed by atoms with van der Waals surface area (Å²) in [4.78, 5) is 82.3. The maximum Gasteiger partial charge on any atom is 0.326 e. The lowest BCUT2D eigenvalue weighted by molar-refractivity contribution is -0.142. The van der Waals surface area contributed by atoms with Crippen molar-refractivity contribution in [1.29, 1.82) is 0 Å². The zero-order valence-electron chi connectivity index (χ0n) is 21.3. The Morgan fingerprint density at radius 1 is 0.725 bits per heavy atom. The summed E-state index contributed by atoms with van der Waals surface area (Å²) in [5.74, 6) is -4.15. The van der Waals surface area contributed by atoms with Gasteiger partial charge in [-0.3, -0.25) is 19.2 Å². The van der Waals surface area contributed by atoms with Crippen LogP contribution in [-0.2, 0) is 43.2 Å². The Hall–Kier alpha value is -5.06. The molecule has 0 aromatic carbocycles. The smallest absolute Gasteiger partial charge is 0.326 e. The van der Waals surface area contributed by atoms with Crippen molar-refractivity contribution in [3.8, 4) is 0 Å². The molecule has 0 spiro atoms. The Balaban J connectivity index is 1.77. The molecule has 17 heteroatoms. The summed E-state index contributed by atoms with van der Waals surface area (Å²) in [6, 6.07) is -4.89. The SMILES string of the molecule is NC(=O)CCC(N)C(=O)NC(Cc1cnc[nH]1)C(=O)NC(Cc1cnc[nH]1)C(=O)NC(Cc1cnc[nH]1)C(=O)O. The number of hydrogen-bond donors (Lipinski definition) is 9. The highest BCUT2D eigenvalue weighted by molar-refractivity contribution is 5.94. The van der Waals surface area contributed by atoms with E-state index in [4.69, 9.17) is 11.5 Å². The van der Waals surface area contributed by atoms with Gasteiger partial charge in [-0.05, 0) is 6.42 Å². The lowest BCUT2D eigenvalue weighted by atomic mass is 10.1. The number of aromatic nitrogens is 6. The molecule has 3 aromatic rings. The lowest BCUT2D eigenvalue weighted by Gasteiger charge is -2.25. The third kappa shape index (κ3) is 9.05. The third-order valence-corrected chi connectivity index (χ3v) is 5.86. The van der Waals surface area contributed by atoms with Crippen LogP contribution < -0.4 is 27.4 Å². The van der Waals surface area contributed by atoms with Gasteiger partial charge in [-0.1, -0.05) is 0 Å². The molecule has 0 saturated carbocycles. The van der Waals surface area contributed by atoms with E-state index in [0.29, 0.717) is 17.1 Å². The van der Waals surface area contributed by atoms with E-state index in [9.17, 15) is 29.1 Å².